The lowest BCUT2D eigenvalue weighted by atomic mass is 10.2. The fraction of sp³-hybridized carbons (Fsp3) is 0.0588. The third kappa shape index (κ3) is 5.35. The van der Waals surface area contributed by atoms with Gasteiger partial charge < -0.3 is 10.1 Å². The van der Waals surface area contributed by atoms with Gasteiger partial charge in [-0.1, -0.05) is 18.2 Å². The number of hydrogen-bond acceptors (Lipinski definition) is 3. The van der Waals surface area contributed by atoms with Gasteiger partial charge in [-0.05, 0) is 36.4 Å². The van der Waals surface area contributed by atoms with Gasteiger partial charge >= 0.3 is 5.97 Å². The maximum atomic E-state index is 13.3. The highest BCUT2D eigenvalue weighted by Crippen LogP contribution is 2.09. The van der Waals surface area contributed by atoms with Gasteiger partial charge in [-0.2, -0.15) is 0 Å². The standard InChI is InChI=1S/C17H13F2NO3/c18-13-6-8-14(9-7-13)20-16(21)11-23-17(22)10-5-12-3-1-2-4-15(12)19/h1-10H,11H2,(H,20,21)/b10-5+. The summed E-state index contributed by atoms with van der Waals surface area (Å²) in [6.45, 7) is -0.502. The average Bonchev–Trinajstić information content (AvgIpc) is 2.54. The van der Waals surface area contributed by atoms with E-state index >= 15 is 0 Å². The third-order valence-electron chi connectivity index (χ3n) is 2.78. The minimum absolute atomic E-state index is 0.236. The fourth-order valence-electron chi connectivity index (χ4n) is 1.68. The fourth-order valence-corrected chi connectivity index (χ4v) is 1.68. The van der Waals surface area contributed by atoms with E-state index in [0.717, 1.165) is 6.08 Å². The Hall–Kier alpha value is -3.02. The molecule has 0 fully saturated rings. The molecule has 0 aliphatic heterocycles. The second-order valence-electron chi connectivity index (χ2n) is 4.52. The molecule has 4 nitrogen and oxygen atoms in total. The SMILES string of the molecule is O=C(COC(=O)/C=C/c1ccccc1F)Nc1ccc(F)cc1. The summed E-state index contributed by atoms with van der Waals surface area (Å²) >= 11 is 0. The number of ether oxygens (including phenoxy) is 1. The molecule has 0 spiro atoms. The summed E-state index contributed by atoms with van der Waals surface area (Å²) in [7, 11) is 0. The molecule has 0 atom stereocenters. The zero-order valence-electron chi connectivity index (χ0n) is 12.0. The second kappa shape index (κ2) is 7.84. The Morgan fingerprint density at radius 3 is 2.43 bits per heavy atom. The molecule has 0 saturated heterocycles. The smallest absolute Gasteiger partial charge is 0.331 e. The molecule has 1 amide bonds. The summed E-state index contributed by atoms with van der Waals surface area (Å²) in [4.78, 5) is 23.0. The van der Waals surface area contributed by atoms with Crippen molar-refractivity contribution in [3.63, 3.8) is 0 Å². The highest BCUT2D eigenvalue weighted by Gasteiger charge is 2.06. The average molecular weight is 317 g/mol. The van der Waals surface area contributed by atoms with Crippen molar-refractivity contribution in [3.05, 3.63) is 71.8 Å². The van der Waals surface area contributed by atoms with Gasteiger partial charge in [0.05, 0.1) is 0 Å². The molecule has 118 valence electrons. The Kier molecular flexibility index (Phi) is 5.57. The minimum Gasteiger partial charge on any atom is -0.452 e. The van der Waals surface area contributed by atoms with E-state index in [2.05, 4.69) is 5.32 Å². The van der Waals surface area contributed by atoms with Crippen LogP contribution in [0.15, 0.2) is 54.6 Å². The van der Waals surface area contributed by atoms with Crippen molar-refractivity contribution < 1.29 is 23.1 Å². The van der Waals surface area contributed by atoms with Crippen molar-refractivity contribution in [1.82, 2.24) is 0 Å². The minimum atomic E-state index is -0.775. The van der Waals surface area contributed by atoms with E-state index in [0.29, 0.717) is 5.69 Å². The molecule has 6 heteroatoms. The van der Waals surface area contributed by atoms with Crippen molar-refractivity contribution in [2.45, 2.75) is 0 Å². The van der Waals surface area contributed by atoms with Crippen LogP contribution < -0.4 is 5.32 Å². The van der Waals surface area contributed by atoms with Crippen LogP contribution in [0.4, 0.5) is 14.5 Å². The molecular weight excluding hydrogens is 304 g/mol. The molecule has 0 radical (unpaired) electrons. The van der Waals surface area contributed by atoms with Crippen LogP contribution in [0.5, 0.6) is 0 Å². The highest BCUT2D eigenvalue weighted by molar-refractivity contribution is 5.94. The van der Waals surface area contributed by atoms with Crippen LogP contribution in [0.25, 0.3) is 6.08 Å². The largest absolute Gasteiger partial charge is 0.452 e. The van der Waals surface area contributed by atoms with Gasteiger partial charge in [-0.25, -0.2) is 13.6 Å². The van der Waals surface area contributed by atoms with Gasteiger partial charge in [0, 0.05) is 17.3 Å². The van der Waals surface area contributed by atoms with E-state index in [4.69, 9.17) is 4.74 Å². The highest BCUT2D eigenvalue weighted by atomic mass is 19.1. The molecule has 0 heterocycles. The topological polar surface area (TPSA) is 55.4 Å². The maximum absolute atomic E-state index is 13.3. The normalized spacial score (nSPS) is 10.5. The first-order valence-electron chi connectivity index (χ1n) is 6.69. The number of rotatable bonds is 5. The van der Waals surface area contributed by atoms with Crippen molar-refractivity contribution in [2.75, 3.05) is 11.9 Å². The number of halogens is 2. The molecule has 0 bridgehead atoms. The summed E-state index contributed by atoms with van der Waals surface area (Å²) in [6, 6.07) is 11.1. The lowest BCUT2D eigenvalue weighted by Gasteiger charge is -2.05. The predicted octanol–water partition coefficient (Wildman–Crippen LogP) is 3.16. The number of nitrogens with one attached hydrogen (secondary N) is 1. The maximum Gasteiger partial charge on any atom is 0.331 e. The first-order chi connectivity index (χ1) is 11.0. The molecule has 0 saturated carbocycles. The molecule has 0 aliphatic rings. The lowest BCUT2D eigenvalue weighted by Crippen LogP contribution is -2.20. The second-order valence-corrected chi connectivity index (χ2v) is 4.52. The number of esters is 1. The number of hydrogen-bond donors (Lipinski definition) is 1. The number of amides is 1. The number of benzene rings is 2. The summed E-state index contributed by atoms with van der Waals surface area (Å²) in [5.41, 5.74) is 0.620. The van der Waals surface area contributed by atoms with Crippen LogP contribution >= 0.6 is 0 Å². The molecule has 2 aromatic rings. The van der Waals surface area contributed by atoms with Gasteiger partial charge in [0.1, 0.15) is 11.6 Å². The van der Waals surface area contributed by atoms with Gasteiger partial charge in [-0.15, -0.1) is 0 Å². The quantitative estimate of drug-likeness (QED) is 0.681. The summed E-state index contributed by atoms with van der Waals surface area (Å²) < 4.78 is 30.8. The van der Waals surface area contributed by atoms with E-state index in [1.807, 2.05) is 0 Å². The first-order valence-corrected chi connectivity index (χ1v) is 6.69. The number of carbonyl (C=O) groups excluding carboxylic acids is 2. The van der Waals surface area contributed by atoms with Gasteiger partial charge in [0.2, 0.25) is 0 Å². The summed E-state index contributed by atoms with van der Waals surface area (Å²) in [6.07, 6.45) is 2.29. The zero-order valence-corrected chi connectivity index (χ0v) is 12.0. The van der Waals surface area contributed by atoms with Crippen molar-refractivity contribution in [1.29, 1.82) is 0 Å². The van der Waals surface area contributed by atoms with E-state index < -0.39 is 30.1 Å². The Labute approximate surface area is 131 Å². The lowest BCUT2D eigenvalue weighted by molar-refractivity contribution is -0.142. The molecule has 0 aromatic heterocycles. The molecular formula is C17H13F2NO3. The van der Waals surface area contributed by atoms with Crippen LogP contribution in [0.3, 0.4) is 0 Å². The molecule has 1 N–H and O–H groups in total. The van der Waals surface area contributed by atoms with Gasteiger partial charge in [0.25, 0.3) is 5.91 Å². The predicted molar refractivity (Wildman–Crippen MR) is 81.4 cm³/mol. The Balaban J connectivity index is 1.81. The Bertz CT molecular complexity index is 727. The monoisotopic (exact) mass is 317 g/mol. The zero-order chi connectivity index (χ0) is 16.7. The van der Waals surface area contributed by atoms with E-state index in [-0.39, 0.29) is 5.56 Å². The molecule has 0 unspecified atom stereocenters. The van der Waals surface area contributed by atoms with Crippen molar-refractivity contribution in [3.8, 4) is 0 Å². The van der Waals surface area contributed by atoms with Crippen LogP contribution in [-0.4, -0.2) is 18.5 Å². The van der Waals surface area contributed by atoms with E-state index in [1.165, 1.54) is 48.5 Å². The summed E-state index contributed by atoms with van der Waals surface area (Å²) in [5, 5.41) is 2.44. The number of anilines is 1. The molecule has 2 rings (SSSR count). The van der Waals surface area contributed by atoms with E-state index in [9.17, 15) is 18.4 Å². The van der Waals surface area contributed by atoms with Gasteiger partial charge in [0.15, 0.2) is 6.61 Å². The first kappa shape index (κ1) is 16.4. The van der Waals surface area contributed by atoms with Crippen LogP contribution in [0.1, 0.15) is 5.56 Å². The van der Waals surface area contributed by atoms with Crippen LogP contribution in [-0.2, 0) is 14.3 Å². The van der Waals surface area contributed by atoms with Crippen LogP contribution in [0.2, 0.25) is 0 Å². The molecule has 23 heavy (non-hydrogen) atoms. The molecule has 2 aromatic carbocycles. The van der Waals surface area contributed by atoms with E-state index in [1.54, 1.807) is 6.07 Å². The third-order valence-corrected chi connectivity index (χ3v) is 2.78. The Morgan fingerprint density at radius 2 is 1.74 bits per heavy atom. The van der Waals surface area contributed by atoms with Gasteiger partial charge in [-0.3, -0.25) is 4.79 Å². The van der Waals surface area contributed by atoms with Crippen LogP contribution in [0, 0.1) is 11.6 Å². The van der Waals surface area contributed by atoms with Crippen molar-refractivity contribution in [2.24, 2.45) is 0 Å². The number of carbonyl (C=O) groups is 2. The Morgan fingerprint density at radius 1 is 1.04 bits per heavy atom. The van der Waals surface area contributed by atoms with Crippen molar-refractivity contribution >= 4 is 23.6 Å². The molecule has 0 aliphatic carbocycles. The summed E-state index contributed by atoms with van der Waals surface area (Å²) in [5.74, 6) is -2.23.